The average Bonchev–Trinajstić information content (AvgIpc) is 3.47. The van der Waals surface area contributed by atoms with Gasteiger partial charge < -0.3 is 9.80 Å². The maximum Gasteiger partial charge on any atom is 0.245 e. The first-order valence-electron chi connectivity index (χ1n) is 9.56. The Labute approximate surface area is 161 Å². The summed E-state index contributed by atoms with van der Waals surface area (Å²) in [6, 6.07) is 5.90. The number of pyridine rings is 1. The van der Waals surface area contributed by atoms with Gasteiger partial charge in [0.25, 0.3) is 0 Å². The van der Waals surface area contributed by atoms with Crippen LogP contribution in [0.4, 0.5) is 5.13 Å². The highest BCUT2D eigenvalue weighted by atomic mass is 32.1. The highest BCUT2D eigenvalue weighted by molar-refractivity contribution is 7.13. The van der Waals surface area contributed by atoms with E-state index in [-0.39, 0.29) is 11.9 Å². The fraction of sp³-hybridized carbons (Fsp3) is 0.474. The number of piperidine rings is 1. The van der Waals surface area contributed by atoms with Crippen molar-refractivity contribution in [2.24, 2.45) is 0 Å². The van der Waals surface area contributed by atoms with E-state index in [4.69, 9.17) is 0 Å². The molecule has 27 heavy (non-hydrogen) atoms. The van der Waals surface area contributed by atoms with Gasteiger partial charge >= 0.3 is 0 Å². The third-order valence-electron chi connectivity index (χ3n) is 5.71. The summed E-state index contributed by atoms with van der Waals surface area (Å²) in [5.41, 5.74) is 0.885. The minimum atomic E-state index is -0.0541. The summed E-state index contributed by atoms with van der Waals surface area (Å²) in [7, 11) is 0. The number of hydrogen-bond acceptors (Lipinski definition) is 6. The van der Waals surface area contributed by atoms with Gasteiger partial charge in [-0.15, -0.1) is 21.5 Å². The summed E-state index contributed by atoms with van der Waals surface area (Å²) in [6.07, 6.45) is 7.68. The quantitative estimate of drug-likeness (QED) is 0.696. The van der Waals surface area contributed by atoms with Crippen LogP contribution in [0.3, 0.4) is 0 Å². The summed E-state index contributed by atoms with van der Waals surface area (Å²) >= 11 is 1.61. The molecular weight excluding hydrogens is 360 g/mol. The van der Waals surface area contributed by atoms with E-state index in [9.17, 15) is 4.79 Å². The minimum Gasteiger partial charge on any atom is -0.341 e. The van der Waals surface area contributed by atoms with Crippen LogP contribution in [0, 0.1) is 0 Å². The van der Waals surface area contributed by atoms with Crippen molar-refractivity contribution >= 4 is 28.0 Å². The van der Waals surface area contributed by atoms with Crippen molar-refractivity contribution in [1.29, 1.82) is 0 Å². The van der Waals surface area contributed by atoms with E-state index in [0.29, 0.717) is 5.92 Å². The van der Waals surface area contributed by atoms with Gasteiger partial charge in [-0.2, -0.15) is 0 Å². The normalized spacial score (nSPS) is 21.3. The van der Waals surface area contributed by atoms with Crippen LogP contribution in [0.15, 0.2) is 36.0 Å². The first-order chi connectivity index (χ1) is 13.3. The lowest BCUT2D eigenvalue weighted by Gasteiger charge is -2.35. The van der Waals surface area contributed by atoms with Crippen LogP contribution in [0.25, 0.3) is 5.65 Å². The van der Waals surface area contributed by atoms with E-state index in [0.717, 1.165) is 61.9 Å². The van der Waals surface area contributed by atoms with Crippen LogP contribution < -0.4 is 4.90 Å². The molecule has 1 unspecified atom stereocenters. The van der Waals surface area contributed by atoms with E-state index in [1.807, 2.05) is 40.9 Å². The topological polar surface area (TPSA) is 66.6 Å². The molecule has 0 spiro atoms. The number of amides is 1. The number of carbonyl (C=O) groups excluding carboxylic acids is 1. The van der Waals surface area contributed by atoms with Gasteiger partial charge in [0.15, 0.2) is 10.8 Å². The van der Waals surface area contributed by atoms with Gasteiger partial charge in [-0.1, -0.05) is 6.07 Å². The molecule has 2 aliphatic rings. The molecule has 2 aliphatic heterocycles. The van der Waals surface area contributed by atoms with Gasteiger partial charge in [-0.25, -0.2) is 4.98 Å². The average molecular weight is 382 g/mol. The molecule has 0 radical (unpaired) electrons. The Balaban J connectivity index is 1.27. The molecule has 3 aromatic rings. The molecule has 7 nitrogen and oxygen atoms in total. The molecule has 5 rings (SSSR count). The van der Waals surface area contributed by atoms with E-state index in [2.05, 4.69) is 24.5 Å². The van der Waals surface area contributed by atoms with Crippen molar-refractivity contribution in [2.45, 2.75) is 37.6 Å². The zero-order valence-corrected chi connectivity index (χ0v) is 15.9. The standard InChI is InChI=1S/C19H22N6OS/c26-18(15-4-3-10-24(15)19-20-8-13-27-19)23-11-6-14(7-12-23)17-22-21-16-5-1-2-9-25(16)17/h1-2,5,8-9,13-15H,3-4,6-7,10-12H2. The molecule has 0 N–H and O–H groups in total. The predicted octanol–water partition coefficient (Wildman–Crippen LogP) is 2.56. The lowest BCUT2D eigenvalue weighted by atomic mass is 9.95. The molecule has 0 saturated carbocycles. The third kappa shape index (κ3) is 2.97. The fourth-order valence-electron chi connectivity index (χ4n) is 4.32. The largest absolute Gasteiger partial charge is 0.341 e. The molecule has 0 aromatic carbocycles. The fourth-order valence-corrected chi connectivity index (χ4v) is 5.04. The Morgan fingerprint density at radius 1 is 1.11 bits per heavy atom. The molecule has 140 valence electrons. The van der Waals surface area contributed by atoms with Gasteiger partial charge in [0.2, 0.25) is 5.91 Å². The summed E-state index contributed by atoms with van der Waals surface area (Å²) in [4.78, 5) is 21.8. The Morgan fingerprint density at radius 2 is 2.00 bits per heavy atom. The number of thiazole rings is 1. The highest BCUT2D eigenvalue weighted by Gasteiger charge is 2.36. The molecule has 8 heteroatoms. The summed E-state index contributed by atoms with van der Waals surface area (Å²) in [5.74, 6) is 1.63. The molecular formula is C19H22N6OS. The van der Waals surface area contributed by atoms with Crippen molar-refractivity contribution in [3.63, 3.8) is 0 Å². The van der Waals surface area contributed by atoms with E-state index < -0.39 is 0 Å². The minimum absolute atomic E-state index is 0.0541. The second-order valence-electron chi connectivity index (χ2n) is 7.25. The van der Waals surface area contributed by atoms with Crippen molar-refractivity contribution in [1.82, 2.24) is 24.5 Å². The van der Waals surface area contributed by atoms with Crippen molar-refractivity contribution < 1.29 is 4.79 Å². The number of fused-ring (bicyclic) bond motifs is 1. The van der Waals surface area contributed by atoms with Crippen molar-refractivity contribution in [2.75, 3.05) is 24.5 Å². The monoisotopic (exact) mass is 382 g/mol. The summed E-state index contributed by atoms with van der Waals surface area (Å²) in [6.45, 7) is 2.49. The molecule has 0 aliphatic carbocycles. The number of hydrogen-bond donors (Lipinski definition) is 0. The molecule has 2 fully saturated rings. The molecule has 2 saturated heterocycles. The van der Waals surface area contributed by atoms with Gasteiger partial charge in [-0.3, -0.25) is 9.20 Å². The number of likely N-dealkylation sites (tertiary alicyclic amines) is 1. The van der Waals surface area contributed by atoms with Crippen molar-refractivity contribution in [3.8, 4) is 0 Å². The zero-order chi connectivity index (χ0) is 18.2. The second kappa shape index (κ2) is 6.92. The first kappa shape index (κ1) is 16.7. The predicted molar refractivity (Wildman–Crippen MR) is 104 cm³/mol. The number of rotatable bonds is 3. The van der Waals surface area contributed by atoms with Crippen LogP contribution in [0.1, 0.15) is 37.4 Å². The third-order valence-corrected chi connectivity index (χ3v) is 6.52. The van der Waals surface area contributed by atoms with Crippen LogP contribution in [-0.2, 0) is 4.79 Å². The lowest BCUT2D eigenvalue weighted by molar-refractivity contribution is -0.133. The number of carbonyl (C=O) groups is 1. The lowest BCUT2D eigenvalue weighted by Crippen LogP contribution is -2.48. The Morgan fingerprint density at radius 3 is 2.81 bits per heavy atom. The molecule has 3 aromatic heterocycles. The Hall–Kier alpha value is -2.48. The Kier molecular flexibility index (Phi) is 4.27. The van der Waals surface area contributed by atoms with Crippen LogP contribution in [0.5, 0.6) is 0 Å². The van der Waals surface area contributed by atoms with E-state index in [1.165, 1.54) is 0 Å². The summed E-state index contributed by atoms with van der Waals surface area (Å²) < 4.78 is 2.07. The highest BCUT2D eigenvalue weighted by Crippen LogP contribution is 2.31. The van der Waals surface area contributed by atoms with Gasteiger partial charge in [0.05, 0.1) is 0 Å². The van der Waals surface area contributed by atoms with Gasteiger partial charge in [0.1, 0.15) is 11.9 Å². The number of nitrogens with zero attached hydrogens (tertiary/aromatic N) is 6. The number of anilines is 1. The first-order valence-corrected chi connectivity index (χ1v) is 10.4. The van der Waals surface area contributed by atoms with Crippen LogP contribution in [0.2, 0.25) is 0 Å². The smallest absolute Gasteiger partial charge is 0.245 e. The molecule has 0 bridgehead atoms. The Bertz CT molecular complexity index is 931. The SMILES string of the molecule is O=C(C1CCCN1c1nccs1)N1CCC(c2nnc3ccccn23)CC1. The number of aromatic nitrogens is 4. The maximum atomic E-state index is 13.1. The second-order valence-corrected chi connectivity index (χ2v) is 8.13. The maximum absolute atomic E-state index is 13.1. The van der Waals surface area contributed by atoms with Gasteiger partial charge in [-0.05, 0) is 37.8 Å². The van der Waals surface area contributed by atoms with Gasteiger partial charge in [0, 0.05) is 43.3 Å². The zero-order valence-electron chi connectivity index (χ0n) is 15.1. The molecule has 5 heterocycles. The van der Waals surface area contributed by atoms with E-state index in [1.54, 1.807) is 11.3 Å². The molecule has 1 amide bonds. The van der Waals surface area contributed by atoms with Crippen molar-refractivity contribution in [3.05, 3.63) is 41.8 Å². The van der Waals surface area contributed by atoms with Crippen LogP contribution in [-0.4, -0.2) is 56.1 Å². The summed E-state index contributed by atoms with van der Waals surface area (Å²) in [5, 5.41) is 11.6. The van der Waals surface area contributed by atoms with Crippen LogP contribution >= 0.6 is 11.3 Å². The van der Waals surface area contributed by atoms with E-state index >= 15 is 0 Å². The molecule has 1 atom stereocenters.